The van der Waals surface area contributed by atoms with Gasteiger partial charge < -0.3 is 10.2 Å². The van der Waals surface area contributed by atoms with Crippen LogP contribution in [-0.2, 0) is 14.8 Å². The van der Waals surface area contributed by atoms with E-state index in [1.807, 2.05) is 4.72 Å². The molecule has 94 valence electrons. The van der Waals surface area contributed by atoms with Crippen LogP contribution in [0.15, 0.2) is 35.2 Å². The number of hydrogen-bond acceptors (Lipinski definition) is 4. The van der Waals surface area contributed by atoms with Gasteiger partial charge in [0.2, 0.25) is 10.0 Å². The molecule has 0 radical (unpaired) electrons. The van der Waals surface area contributed by atoms with Gasteiger partial charge in [0.25, 0.3) is 0 Å². The van der Waals surface area contributed by atoms with Crippen LogP contribution in [0.25, 0.3) is 0 Å². The Bertz CT molecular complexity index is 483. The van der Waals surface area contributed by atoms with Crippen molar-refractivity contribution >= 4 is 16.0 Å². The smallest absolute Gasteiger partial charge is 0.324 e. The van der Waals surface area contributed by atoms with Crippen LogP contribution in [0.1, 0.15) is 6.92 Å². The van der Waals surface area contributed by atoms with Crippen LogP contribution >= 0.6 is 0 Å². The maximum absolute atomic E-state index is 11.8. The predicted molar refractivity (Wildman–Crippen MR) is 59.9 cm³/mol. The molecule has 0 bridgehead atoms. The average Bonchev–Trinajstić information content (AvgIpc) is 2.26. The highest BCUT2D eigenvalue weighted by Crippen LogP contribution is 2.09. The number of hydrogen-bond donors (Lipinski definition) is 3. The second-order valence-electron chi connectivity index (χ2n) is 3.49. The number of benzene rings is 1. The van der Waals surface area contributed by atoms with Gasteiger partial charge in [-0.25, -0.2) is 8.42 Å². The first kappa shape index (κ1) is 13.6. The Morgan fingerprint density at radius 3 is 2.24 bits per heavy atom. The highest BCUT2D eigenvalue weighted by Gasteiger charge is 2.28. The van der Waals surface area contributed by atoms with E-state index in [0.29, 0.717) is 0 Å². The minimum Gasteiger partial charge on any atom is -0.480 e. The largest absolute Gasteiger partial charge is 0.480 e. The standard InChI is InChI=1S/C10H13NO5S/c1-7(12)9(10(13)14)11-17(15,16)8-5-3-2-4-6-8/h2-7,9,11-12H,1H3,(H,13,14). The van der Waals surface area contributed by atoms with E-state index in [-0.39, 0.29) is 4.90 Å². The van der Waals surface area contributed by atoms with Gasteiger partial charge in [0.15, 0.2) is 0 Å². The van der Waals surface area contributed by atoms with Gasteiger partial charge in [0.05, 0.1) is 11.0 Å². The molecule has 0 heterocycles. The summed E-state index contributed by atoms with van der Waals surface area (Å²) >= 11 is 0. The fourth-order valence-corrected chi connectivity index (χ4v) is 2.47. The molecule has 0 aromatic heterocycles. The summed E-state index contributed by atoms with van der Waals surface area (Å²) in [5.41, 5.74) is 0. The lowest BCUT2D eigenvalue weighted by Gasteiger charge is -2.16. The summed E-state index contributed by atoms with van der Waals surface area (Å²) < 4.78 is 25.5. The van der Waals surface area contributed by atoms with Gasteiger partial charge in [-0.2, -0.15) is 4.72 Å². The van der Waals surface area contributed by atoms with Gasteiger partial charge in [0.1, 0.15) is 6.04 Å². The molecule has 0 aliphatic carbocycles. The normalized spacial score (nSPS) is 15.2. The summed E-state index contributed by atoms with van der Waals surface area (Å²) in [5.74, 6) is -1.43. The van der Waals surface area contributed by atoms with Crippen molar-refractivity contribution in [1.29, 1.82) is 0 Å². The molecule has 0 aliphatic heterocycles. The molecule has 1 aromatic carbocycles. The number of carboxylic acid groups (broad SMARTS) is 1. The SMILES string of the molecule is CC(O)C(NS(=O)(=O)c1ccccc1)C(=O)O. The van der Waals surface area contributed by atoms with Gasteiger partial charge in [0, 0.05) is 0 Å². The van der Waals surface area contributed by atoms with Crippen LogP contribution in [0.5, 0.6) is 0 Å². The maximum Gasteiger partial charge on any atom is 0.324 e. The number of carbonyl (C=O) groups is 1. The minimum atomic E-state index is -3.94. The summed E-state index contributed by atoms with van der Waals surface area (Å²) in [6.45, 7) is 1.20. The topological polar surface area (TPSA) is 104 Å². The van der Waals surface area contributed by atoms with Crippen molar-refractivity contribution in [3.8, 4) is 0 Å². The molecular formula is C10H13NO5S. The second kappa shape index (κ2) is 5.26. The molecule has 6 nitrogen and oxygen atoms in total. The number of carboxylic acids is 1. The molecule has 3 N–H and O–H groups in total. The third-order valence-corrected chi connectivity index (χ3v) is 3.54. The summed E-state index contributed by atoms with van der Waals surface area (Å²) in [6.07, 6.45) is -1.33. The Hall–Kier alpha value is -1.44. The fourth-order valence-electron chi connectivity index (χ4n) is 1.19. The van der Waals surface area contributed by atoms with Crippen molar-refractivity contribution in [2.24, 2.45) is 0 Å². The highest BCUT2D eigenvalue weighted by atomic mass is 32.2. The van der Waals surface area contributed by atoms with Gasteiger partial charge in [-0.15, -0.1) is 0 Å². The van der Waals surface area contributed by atoms with Crippen molar-refractivity contribution in [2.75, 3.05) is 0 Å². The van der Waals surface area contributed by atoms with Gasteiger partial charge in [-0.1, -0.05) is 18.2 Å². The molecular weight excluding hydrogens is 246 g/mol. The number of aliphatic hydroxyl groups is 1. The number of rotatable bonds is 5. The number of aliphatic hydroxyl groups excluding tert-OH is 1. The number of nitrogens with one attached hydrogen (secondary N) is 1. The summed E-state index contributed by atoms with van der Waals surface area (Å²) in [5, 5.41) is 18.0. The molecule has 1 rings (SSSR count). The van der Waals surface area contributed by atoms with E-state index in [1.165, 1.54) is 31.2 Å². The van der Waals surface area contributed by atoms with Crippen molar-refractivity contribution in [3.63, 3.8) is 0 Å². The van der Waals surface area contributed by atoms with E-state index in [2.05, 4.69) is 0 Å². The third-order valence-electron chi connectivity index (χ3n) is 2.08. The summed E-state index contributed by atoms with van der Waals surface area (Å²) in [7, 11) is -3.94. The Kier molecular flexibility index (Phi) is 4.22. The van der Waals surface area contributed by atoms with Crippen molar-refractivity contribution in [1.82, 2.24) is 4.72 Å². The summed E-state index contributed by atoms with van der Waals surface area (Å²) in [4.78, 5) is 10.7. The quantitative estimate of drug-likeness (QED) is 0.679. The highest BCUT2D eigenvalue weighted by molar-refractivity contribution is 7.89. The van der Waals surface area contributed by atoms with Gasteiger partial charge >= 0.3 is 5.97 Å². The second-order valence-corrected chi connectivity index (χ2v) is 5.20. The van der Waals surface area contributed by atoms with E-state index in [0.717, 1.165) is 0 Å². The molecule has 2 atom stereocenters. The van der Waals surface area contributed by atoms with E-state index >= 15 is 0 Å². The molecule has 0 saturated heterocycles. The van der Waals surface area contributed by atoms with E-state index in [9.17, 15) is 18.3 Å². The van der Waals surface area contributed by atoms with Crippen molar-refractivity contribution < 1.29 is 23.4 Å². The minimum absolute atomic E-state index is 0.0492. The molecule has 0 amide bonds. The molecule has 2 unspecified atom stereocenters. The predicted octanol–water partition coefficient (Wildman–Crippen LogP) is -0.201. The van der Waals surface area contributed by atoms with E-state index < -0.39 is 28.1 Å². The Balaban J connectivity index is 2.97. The molecule has 1 aromatic rings. The van der Waals surface area contributed by atoms with E-state index in [4.69, 9.17) is 5.11 Å². The average molecular weight is 259 g/mol. The number of sulfonamides is 1. The van der Waals surface area contributed by atoms with Gasteiger partial charge in [-0.05, 0) is 19.1 Å². The molecule has 0 aliphatic rings. The van der Waals surface area contributed by atoms with Crippen LogP contribution in [0.3, 0.4) is 0 Å². The third kappa shape index (κ3) is 3.52. The molecule has 0 saturated carbocycles. The number of aliphatic carboxylic acids is 1. The molecule has 0 spiro atoms. The first-order chi connectivity index (χ1) is 7.84. The zero-order chi connectivity index (χ0) is 13.1. The zero-order valence-electron chi connectivity index (χ0n) is 9.07. The Morgan fingerprint density at radius 1 is 1.29 bits per heavy atom. The van der Waals surface area contributed by atoms with Crippen LogP contribution in [0, 0.1) is 0 Å². The first-order valence-corrected chi connectivity index (χ1v) is 6.31. The lowest BCUT2D eigenvalue weighted by atomic mass is 10.2. The monoisotopic (exact) mass is 259 g/mol. The van der Waals surface area contributed by atoms with Crippen LogP contribution in [0.4, 0.5) is 0 Å². The van der Waals surface area contributed by atoms with Crippen LogP contribution in [-0.4, -0.2) is 36.7 Å². The van der Waals surface area contributed by atoms with Crippen molar-refractivity contribution in [3.05, 3.63) is 30.3 Å². The molecule has 0 fully saturated rings. The zero-order valence-corrected chi connectivity index (χ0v) is 9.89. The Labute approximate surface area is 99.0 Å². The molecule has 7 heteroatoms. The van der Waals surface area contributed by atoms with Crippen molar-refractivity contribution in [2.45, 2.75) is 24.0 Å². The summed E-state index contributed by atoms with van der Waals surface area (Å²) in [6, 6.07) is 5.79. The molecule has 17 heavy (non-hydrogen) atoms. The maximum atomic E-state index is 11.8. The van der Waals surface area contributed by atoms with Crippen LogP contribution < -0.4 is 4.72 Å². The lowest BCUT2D eigenvalue weighted by molar-refractivity contribution is -0.141. The fraction of sp³-hybridized carbons (Fsp3) is 0.300. The van der Waals surface area contributed by atoms with Gasteiger partial charge in [-0.3, -0.25) is 4.79 Å². The lowest BCUT2D eigenvalue weighted by Crippen LogP contribution is -2.47. The van der Waals surface area contributed by atoms with E-state index in [1.54, 1.807) is 6.07 Å². The van der Waals surface area contributed by atoms with Crippen LogP contribution in [0.2, 0.25) is 0 Å². The first-order valence-electron chi connectivity index (χ1n) is 4.83. The Morgan fingerprint density at radius 2 is 1.82 bits per heavy atom.